The lowest BCUT2D eigenvalue weighted by atomic mass is 9.64. The number of aromatic nitrogens is 2. The van der Waals surface area contributed by atoms with Crippen LogP contribution in [-0.4, -0.2) is 65.0 Å². The molecule has 2 aliphatic carbocycles. The summed E-state index contributed by atoms with van der Waals surface area (Å²) in [4.78, 5) is 18.2. The number of rotatable bonds is 6. The van der Waals surface area contributed by atoms with E-state index in [2.05, 4.69) is 27.7 Å². The number of pyridine rings is 1. The smallest absolute Gasteiger partial charge is 0.380 e. The summed E-state index contributed by atoms with van der Waals surface area (Å²) in [6.45, 7) is 5.99. The summed E-state index contributed by atoms with van der Waals surface area (Å²) in [6, 6.07) is 0.999. The molecule has 5 fully saturated rings. The zero-order chi connectivity index (χ0) is 27.1. The van der Waals surface area contributed by atoms with Crippen molar-refractivity contribution in [1.29, 1.82) is 0 Å². The molecule has 3 saturated heterocycles. The summed E-state index contributed by atoms with van der Waals surface area (Å²) in [6.07, 6.45) is 4.57. The van der Waals surface area contributed by atoms with Gasteiger partial charge in [0.2, 0.25) is 0 Å². The minimum Gasteiger partial charge on any atom is -0.380 e. The van der Waals surface area contributed by atoms with Crippen LogP contribution in [0.3, 0.4) is 0 Å². The van der Waals surface area contributed by atoms with E-state index in [9.17, 15) is 18.0 Å². The lowest BCUT2D eigenvalue weighted by Gasteiger charge is -2.51. The van der Waals surface area contributed by atoms with Gasteiger partial charge in [0.1, 0.15) is 0 Å². The number of hydrogen-bond acceptors (Lipinski definition) is 6. The van der Waals surface area contributed by atoms with E-state index in [0.29, 0.717) is 36.5 Å². The highest BCUT2D eigenvalue weighted by molar-refractivity contribution is 5.56. The minimum absolute atomic E-state index is 0.0234. The first kappa shape index (κ1) is 26.0. The van der Waals surface area contributed by atoms with Crippen molar-refractivity contribution in [2.24, 2.45) is 23.2 Å². The van der Waals surface area contributed by atoms with Gasteiger partial charge in [-0.05, 0) is 75.5 Å². The minimum atomic E-state index is -4.54. The highest BCUT2D eigenvalue weighted by atomic mass is 19.4. The monoisotopic (exact) mass is 548 g/mol. The summed E-state index contributed by atoms with van der Waals surface area (Å²) in [7, 11) is 2.08. The Morgan fingerprint density at radius 3 is 2.56 bits per heavy atom. The fourth-order valence-corrected chi connectivity index (χ4v) is 7.86. The fraction of sp³-hybridized carbons (Fsp3) is 0.750. The molecule has 2 N–H and O–H groups in total. The maximum absolute atomic E-state index is 14.3. The Morgan fingerprint density at radius 1 is 1.15 bits per heavy atom. The van der Waals surface area contributed by atoms with E-state index in [-0.39, 0.29) is 34.9 Å². The Hall–Kier alpha value is -1.92. The van der Waals surface area contributed by atoms with Crippen LogP contribution in [0.4, 0.5) is 13.2 Å². The highest BCUT2D eigenvalue weighted by Gasteiger charge is 2.50. The average Bonchev–Trinajstić information content (AvgIpc) is 3.16. The van der Waals surface area contributed by atoms with Gasteiger partial charge in [-0.1, -0.05) is 6.42 Å². The molecule has 5 heterocycles. The average molecular weight is 549 g/mol. The maximum Gasteiger partial charge on any atom is 0.418 e. The second-order valence-corrected chi connectivity index (χ2v) is 13.0. The molecule has 214 valence electrons. The van der Waals surface area contributed by atoms with Crippen LogP contribution in [0.1, 0.15) is 68.7 Å². The van der Waals surface area contributed by atoms with E-state index < -0.39 is 11.7 Å². The van der Waals surface area contributed by atoms with Crippen molar-refractivity contribution in [2.45, 2.75) is 69.9 Å². The zero-order valence-electron chi connectivity index (χ0n) is 22.7. The van der Waals surface area contributed by atoms with Gasteiger partial charge in [0.15, 0.2) is 0 Å². The number of hydrogen-bond donors (Lipinski definition) is 2. The first-order valence-electron chi connectivity index (χ1n) is 14.5. The molecule has 3 aliphatic heterocycles. The van der Waals surface area contributed by atoms with Crippen LogP contribution in [0.15, 0.2) is 23.3 Å². The van der Waals surface area contributed by atoms with Crippen LogP contribution in [-0.2, 0) is 10.9 Å². The highest BCUT2D eigenvalue weighted by Crippen LogP contribution is 2.50. The third kappa shape index (κ3) is 4.45. The van der Waals surface area contributed by atoms with Crippen molar-refractivity contribution in [1.82, 2.24) is 29.6 Å². The Morgan fingerprint density at radius 2 is 1.92 bits per heavy atom. The molecule has 11 heteroatoms. The third-order valence-electron chi connectivity index (χ3n) is 10.6. The molecule has 2 saturated carbocycles. The van der Waals surface area contributed by atoms with E-state index in [4.69, 9.17) is 4.74 Å². The maximum atomic E-state index is 14.3. The van der Waals surface area contributed by atoms with Crippen molar-refractivity contribution in [3.8, 4) is 0 Å². The third-order valence-corrected chi connectivity index (χ3v) is 10.6. The lowest BCUT2D eigenvalue weighted by Crippen LogP contribution is -2.54. The van der Waals surface area contributed by atoms with E-state index in [1.165, 1.54) is 23.1 Å². The van der Waals surface area contributed by atoms with Gasteiger partial charge >= 0.3 is 11.9 Å². The molecule has 8 nitrogen and oxygen atoms in total. The number of ether oxygens (including phenoxy) is 1. The first-order chi connectivity index (χ1) is 18.6. The van der Waals surface area contributed by atoms with Gasteiger partial charge < -0.3 is 4.74 Å². The Labute approximate surface area is 226 Å². The molecule has 39 heavy (non-hydrogen) atoms. The molecule has 0 spiro atoms. The predicted molar refractivity (Wildman–Crippen MR) is 140 cm³/mol. The summed E-state index contributed by atoms with van der Waals surface area (Å²) < 4.78 is 51.5. The summed E-state index contributed by atoms with van der Waals surface area (Å²) in [5.41, 5.74) is 6.01. The first-order valence-corrected chi connectivity index (χ1v) is 14.5. The fourth-order valence-electron chi connectivity index (χ4n) is 7.86. The zero-order valence-corrected chi connectivity index (χ0v) is 22.7. The topological polar surface area (TPSA) is 66.2 Å². The van der Waals surface area contributed by atoms with E-state index in [0.717, 1.165) is 51.9 Å². The molecule has 0 bridgehead atoms. The van der Waals surface area contributed by atoms with Gasteiger partial charge in [0.25, 0.3) is 0 Å². The van der Waals surface area contributed by atoms with Gasteiger partial charge in [-0.25, -0.2) is 15.6 Å². The predicted octanol–water partition coefficient (Wildman–Crippen LogP) is 3.59. The van der Waals surface area contributed by atoms with Crippen LogP contribution in [0.2, 0.25) is 0 Å². The molecular weight excluding hydrogens is 509 g/mol. The van der Waals surface area contributed by atoms with E-state index in [1.54, 1.807) is 10.8 Å². The number of likely N-dealkylation sites (tertiary alicyclic amines) is 1. The second kappa shape index (κ2) is 9.30. The number of alkyl halides is 3. The number of nitrogens with zero attached hydrogens (tertiary/aromatic N) is 4. The Balaban J connectivity index is 1.19. The molecule has 7 rings (SSSR count). The van der Waals surface area contributed by atoms with Crippen LogP contribution in [0.25, 0.3) is 5.52 Å². The van der Waals surface area contributed by atoms with Gasteiger partial charge in [0.05, 0.1) is 37.1 Å². The van der Waals surface area contributed by atoms with Gasteiger partial charge in [-0.3, -0.25) is 18.8 Å². The van der Waals surface area contributed by atoms with Crippen LogP contribution in [0, 0.1) is 23.2 Å². The van der Waals surface area contributed by atoms with Crippen molar-refractivity contribution >= 4 is 5.52 Å². The molecule has 0 radical (unpaired) electrons. The van der Waals surface area contributed by atoms with Crippen molar-refractivity contribution in [2.75, 3.05) is 40.0 Å². The van der Waals surface area contributed by atoms with Gasteiger partial charge in [0, 0.05) is 43.0 Å². The standard InChI is InChI=1S/C28H39F3N6O2/c1-17(35-10-19-6-20(19)11-35)18-7-23(28(29,30)31)24-13-36(26(38)37(24)12-18)22-5-3-4-21(8-22)27(14-39-15-27)9-25-33-32-16-34(25)2/h7,12-13,17,19-22,25,32-33H,3-6,8-11,14-16H2,1-2H3/t17-,19?,20?,21?,22?,25?/m1/s1. The second-order valence-electron chi connectivity index (χ2n) is 13.0. The molecule has 5 unspecified atom stereocenters. The lowest BCUT2D eigenvalue weighted by molar-refractivity contribution is -0.167. The largest absolute Gasteiger partial charge is 0.418 e. The van der Waals surface area contributed by atoms with Crippen molar-refractivity contribution < 1.29 is 17.9 Å². The molecule has 2 aromatic rings. The Kier molecular flexibility index (Phi) is 6.20. The van der Waals surface area contributed by atoms with Crippen molar-refractivity contribution in [3.63, 3.8) is 0 Å². The molecule has 5 aliphatic rings. The number of hydrazine groups is 1. The number of nitrogens with one attached hydrogen (secondary N) is 2. The number of fused-ring (bicyclic) bond motifs is 2. The Bertz CT molecular complexity index is 1290. The molecular formula is C28H39F3N6O2. The summed E-state index contributed by atoms with van der Waals surface area (Å²) >= 11 is 0. The molecule has 0 aromatic carbocycles. The number of imidazole rings is 1. The SMILES string of the molecule is C[C@H](c1cc(C(F)(F)F)c2cn(C3CCCC(C4(CC5NNCN5C)COC4)C3)c(=O)n2c1)N1CC2CC2C1. The molecule has 2 aromatic heterocycles. The normalized spacial score (nSPS) is 33.8. The van der Waals surface area contributed by atoms with Crippen LogP contribution >= 0.6 is 0 Å². The van der Waals surface area contributed by atoms with Gasteiger partial charge in [-0.15, -0.1) is 0 Å². The number of piperidine rings is 1. The van der Waals surface area contributed by atoms with E-state index >= 15 is 0 Å². The van der Waals surface area contributed by atoms with Crippen LogP contribution < -0.4 is 16.5 Å². The molecule has 6 atom stereocenters. The number of halogens is 3. The van der Waals surface area contributed by atoms with Crippen molar-refractivity contribution in [3.05, 3.63) is 40.1 Å². The van der Waals surface area contributed by atoms with Crippen LogP contribution in [0.5, 0.6) is 0 Å². The quantitative estimate of drug-likeness (QED) is 0.576. The molecule has 0 amide bonds. The summed E-state index contributed by atoms with van der Waals surface area (Å²) in [5.74, 6) is 1.73. The van der Waals surface area contributed by atoms with Gasteiger partial charge in [-0.2, -0.15) is 13.2 Å². The summed E-state index contributed by atoms with van der Waals surface area (Å²) in [5, 5.41) is 0. The van der Waals surface area contributed by atoms with E-state index in [1.807, 2.05) is 6.92 Å².